The summed E-state index contributed by atoms with van der Waals surface area (Å²) in [4.78, 5) is 11.5. The molecule has 23 heavy (non-hydrogen) atoms. The molecule has 4 nitrogen and oxygen atoms in total. The van der Waals surface area contributed by atoms with Crippen LogP contribution < -0.4 is 0 Å². The number of rotatable bonds is 14. The summed E-state index contributed by atoms with van der Waals surface area (Å²) in [6.45, 7) is 9.87. The van der Waals surface area contributed by atoms with E-state index in [1.165, 1.54) is 32.1 Å². The zero-order valence-electron chi connectivity index (χ0n) is 15.8. The van der Waals surface area contributed by atoms with Gasteiger partial charge in [-0.3, -0.25) is 0 Å². The maximum Gasteiger partial charge on any atom is 0.333 e. The second-order valence-corrected chi connectivity index (χ2v) is 6.52. The Bertz CT molecular complexity index is 334. The van der Waals surface area contributed by atoms with Crippen LogP contribution in [0.25, 0.3) is 0 Å². The minimum Gasteiger partial charge on any atom is -0.462 e. The molecule has 0 bridgehead atoms. The number of unbranched alkanes of at least 4 members (excludes halogenated alkanes) is 4. The van der Waals surface area contributed by atoms with Crippen molar-refractivity contribution >= 4 is 5.97 Å². The fraction of sp³-hybridized carbons (Fsp3) is 0.842. The van der Waals surface area contributed by atoms with Gasteiger partial charge < -0.3 is 14.2 Å². The summed E-state index contributed by atoms with van der Waals surface area (Å²) in [7, 11) is 3.34. The third-order valence-electron chi connectivity index (χ3n) is 4.35. The molecule has 0 aromatic heterocycles. The molecule has 0 aliphatic carbocycles. The van der Waals surface area contributed by atoms with Crippen molar-refractivity contribution in [2.45, 2.75) is 77.9 Å². The Hall–Kier alpha value is -0.870. The zero-order chi connectivity index (χ0) is 17.7. The molecule has 0 aliphatic heterocycles. The van der Waals surface area contributed by atoms with Gasteiger partial charge in [-0.1, -0.05) is 52.0 Å². The fourth-order valence-corrected chi connectivity index (χ4v) is 2.60. The van der Waals surface area contributed by atoms with Gasteiger partial charge in [-0.25, -0.2) is 4.79 Å². The van der Waals surface area contributed by atoms with E-state index < -0.39 is 5.79 Å². The van der Waals surface area contributed by atoms with Crippen molar-refractivity contribution in [1.29, 1.82) is 0 Å². The van der Waals surface area contributed by atoms with Crippen LogP contribution >= 0.6 is 0 Å². The minimum atomic E-state index is -0.577. The first-order valence-corrected chi connectivity index (χ1v) is 8.81. The standard InChI is InChI=1S/C19H36O4/c1-7-8-9-10-11-12-17(15-19(4,21-5)22-6)13-14-23-18(20)16(2)3/h17H,2,7-15H2,1,3-6H3. The number of ether oxygens (including phenoxy) is 3. The zero-order valence-corrected chi connectivity index (χ0v) is 15.8. The highest BCUT2D eigenvalue weighted by Gasteiger charge is 2.27. The highest BCUT2D eigenvalue weighted by atomic mass is 16.7. The lowest BCUT2D eigenvalue weighted by Crippen LogP contribution is -2.33. The van der Waals surface area contributed by atoms with Gasteiger partial charge in [0.15, 0.2) is 5.79 Å². The number of methoxy groups -OCH3 is 2. The molecule has 4 heteroatoms. The van der Waals surface area contributed by atoms with Crippen LogP contribution in [0.4, 0.5) is 0 Å². The maximum atomic E-state index is 11.5. The topological polar surface area (TPSA) is 44.8 Å². The van der Waals surface area contributed by atoms with E-state index in [2.05, 4.69) is 13.5 Å². The lowest BCUT2D eigenvalue weighted by Gasteiger charge is -2.31. The SMILES string of the molecule is C=C(C)C(=O)OCCC(CCCCCCC)CC(C)(OC)OC. The number of carbonyl (C=O) groups is 1. The Balaban J connectivity index is 4.36. The van der Waals surface area contributed by atoms with Crippen molar-refractivity contribution < 1.29 is 19.0 Å². The predicted octanol–water partition coefficient (Wildman–Crippen LogP) is 4.87. The molecule has 0 N–H and O–H groups in total. The van der Waals surface area contributed by atoms with Gasteiger partial charge in [0.1, 0.15) is 0 Å². The Labute approximate surface area is 142 Å². The normalized spacial score (nSPS) is 12.9. The van der Waals surface area contributed by atoms with E-state index in [0.29, 0.717) is 18.1 Å². The third kappa shape index (κ3) is 10.5. The summed E-state index contributed by atoms with van der Waals surface area (Å²) < 4.78 is 16.2. The molecule has 0 aliphatic rings. The molecule has 0 aromatic carbocycles. The van der Waals surface area contributed by atoms with E-state index >= 15 is 0 Å². The number of hydrogen-bond acceptors (Lipinski definition) is 4. The highest BCUT2D eigenvalue weighted by molar-refractivity contribution is 5.86. The van der Waals surface area contributed by atoms with Gasteiger partial charge in [0.05, 0.1) is 6.61 Å². The van der Waals surface area contributed by atoms with Crippen LogP contribution in [-0.2, 0) is 19.0 Å². The van der Waals surface area contributed by atoms with E-state index in [9.17, 15) is 4.79 Å². The third-order valence-corrected chi connectivity index (χ3v) is 4.35. The summed E-state index contributed by atoms with van der Waals surface area (Å²) >= 11 is 0. The smallest absolute Gasteiger partial charge is 0.333 e. The van der Waals surface area contributed by atoms with Crippen LogP contribution in [0, 0.1) is 5.92 Å². The van der Waals surface area contributed by atoms with E-state index in [-0.39, 0.29) is 5.97 Å². The second-order valence-electron chi connectivity index (χ2n) is 6.52. The number of hydrogen-bond donors (Lipinski definition) is 0. The van der Waals surface area contributed by atoms with Gasteiger partial charge in [-0.15, -0.1) is 0 Å². The van der Waals surface area contributed by atoms with E-state index in [4.69, 9.17) is 14.2 Å². The van der Waals surface area contributed by atoms with Crippen LogP contribution in [0.1, 0.15) is 72.1 Å². The number of esters is 1. The predicted molar refractivity (Wildman–Crippen MR) is 94.3 cm³/mol. The summed E-state index contributed by atoms with van der Waals surface area (Å²) in [5.41, 5.74) is 0.444. The molecule has 1 atom stereocenters. The van der Waals surface area contributed by atoms with Crippen molar-refractivity contribution in [3.63, 3.8) is 0 Å². The Morgan fingerprint density at radius 2 is 1.70 bits per heavy atom. The van der Waals surface area contributed by atoms with E-state index in [1.807, 2.05) is 6.92 Å². The first kappa shape index (κ1) is 22.1. The van der Waals surface area contributed by atoms with E-state index in [0.717, 1.165) is 19.3 Å². The lowest BCUT2D eigenvalue weighted by atomic mass is 9.91. The van der Waals surface area contributed by atoms with Gasteiger partial charge in [0, 0.05) is 26.2 Å². The van der Waals surface area contributed by atoms with Crippen molar-refractivity contribution in [3.05, 3.63) is 12.2 Å². The van der Waals surface area contributed by atoms with Crippen LogP contribution in [0.15, 0.2) is 12.2 Å². The summed E-state index contributed by atoms with van der Waals surface area (Å²) in [6, 6.07) is 0. The molecule has 0 radical (unpaired) electrons. The Morgan fingerprint density at radius 3 is 2.22 bits per heavy atom. The van der Waals surface area contributed by atoms with Gasteiger partial charge >= 0.3 is 5.97 Å². The quantitative estimate of drug-likeness (QED) is 0.197. The van der Waals surface area contributed by atoms with Crippen molar-refractivity contribution in [3.8, 4) is 0 Å². The van der Waals surface area contributed by atoms with Crippen molar-refractivity contribution in [1.82, 2.24) is 0 Å². The molecule has 0 saturated carbocycles. The van der Waals surface area contributed by atoms with Crippen LogP contribution in [0.2, 0.25) is 0 Å². The van der Waals surface area contributed by atoms with Gasteiger partial charge in [-0.2, -0.15) is 0 Å². The monoisotopic (exact) mass is 328 g/mol. The molecule has 0 rings (SSSR count). The van der Waals surface area contributed by atoms with Crippen molar-refractivity contribution in [2.75, 3.05) is 20.8 Å². The van der Waals surface area contributed by atoms with Crippen molar-refractivity contribution in [2.24, 2.45) is 5.92 Å². The number of carbonyl (C=O) groups excluding carboxylic acids is 1. The molecule has 136 valence electrons. The molecular formula is C19H36O4. The van der Waals surface area contributed by atoms with Crippen LogP contribution in [-0.4, -0.2) is 32.6 Å². The largest absolute Gasteiger partial charge is 0.462 e. The first-order valence-electron chi connectivity index (χ1n) is 8.81. The molecule has 0 aromatic rings. The maximum absolute atomic E-state index is 11.5. The Kier molecular flexibility index (Phi) is 12.1. The highest BCUT2D eigenvalue weighted by Crippen LogP contribution is 2.27. The molecule has 0 saturated heterocycles. The van der Waals surface area contributed by atoms with Crippen LogP contribution in [0.3, 0.4) is 0 Å². The molecule has 0 spiro atoms. The van der Waals surface area contributed by atoms with E-state index in [1.54, 1.807) is 21.1 Å². The summed E-state index contributed by atoms with van der Waals surface area (Å²) in [6.07, 6.45) is 9.04. The second kappa shape index (κ2) is 12.5. The summed E-state index contributed by atoms with van der Waals surface area (Å²) in [5, 5.41) is 0. The molecule has 0 fully saturated rings. The lowest BCUT2D eigenvalue weighted by molar-refractivity contribution is -0.205. The minimum absolute atomic E-state index is 0.312. The fourth-order valence-electron chi connectivity index (χ4n) is 2.60. The van der Waals surface area contributed by atoms with Gasteiger partial charge in [-0.05, 0) is 26.2 Å². The molecule has 1 unspecified atom stereocenters. The summed E-state index contributed by atoms with van der Waals surface area (Å²) in [5.74, 6) is -0.473. The van der Waals surface area contributed by atoms with Gasteiger partial charge in [0.25, 0.3) is 0 Å². The first-order chi connectivity index (χ1) is 10.9. The molecule has 0 amide bonds. The van der Waals surface area contributed by atoms with Gasteiger partial charge in [0.2, 0.25) is 0 Å². The Morgan fingerprint density at radius 1 is 1.09 bits per heavy atom. The average Bonchev–Trinajstić information content (AvgIpc) is 2.53. The van der Waals surface area contributed by atoms with Crippen LogP contribution in [0.5, 0.6) is 0 Å². The average molecular weight is 328 g/mol. The molecular weight excluding hydrogens is 292 g/mol. The molecule has 0 heterocycles.